The monoisotopic (exact) mass is 333 g/mol. The van der Waals surface area contributed by atoms with Gasteiger partial charge in [-0.1, -0.05) is 12.1 Å². The molecule has 1 unspecified atom stereocenters. The number of thiazole rings is 1. The van der Waals surface area contributed by atoms with Gasteiger partial charge in [-0.25, -0.2) is 9.78 Å². The van der Waals surface area contributed by atoms with E-state index in [0.29, 0.717) is 19.7 Å². The van der Waals surface area contributed by atoms with Gasteiger partial charge in [0.15, 0.2) is 17.6 Å². The highest BCUT2D eigenvalue weighted by molar-refractivity contribution is 7.09. The first-order valence-electron chi connectivity index (χ1n) is 7.40. The van der Waals surface area contributed by atoms with E-state index >= 15 is 0 Å². The van der Waals surface area contributed by atoms with Gasteiger partial charge < -0.3 is 19.7 Å². The van der Waals surface area contributed by atoms with Crippen molar-refractivity contribution in [2.24, 2.45) is 0 Å². The SMILES string of the molecule is Cc1csc(CNC(=O)N(C)CC2COc3ccccc3O2)n1. The van der Waals surface area contributed by atoms with Crippen LogP contribution in [0.15, 0.2) is 29.6 Å². The van der Waals surface area contributed by atoms with Gasteiger partial charge in [-0.3, -0.25) is 0 Å². The lowest BCUT2D eigenvalue weighted by molar-refractivity contribution is 0.0715. The van der Waals surface area contributed by atoms with Gasteiger partial charge >= 0.3 is 6.03 Å². The summed E-state index contributed by atoms with van der Waals surface area (Å²) < 4.78 is 11.5. The molecule has 2 heterocycles. The molecule has 0 aliphatic carbocycles. The molecule has 6 nitrogen and oxygen atoms in total. The highest BCUT2D eigenvalue weighted by Gasteiger charge is 2.23. The lowest BCUT2D eigenvalue weighted by atomic mass is 10.2. The molecule has 23 heavy (non-hydrogen) atoms. The molecule has 1 aromatic heterocycles. The quantitative estimate of drug-likeness (QED) is 0.933. The fourth-order valence-electron chi connectivity index (χ4n) is 2.31. The highest BCUT2D eigenvalue weighted by Crippen LogP contribution is 2.30. The van der Waals surface area contributed by atoms with Crippen LogP contribution in [0.25, 0.3) is 0 Å². The third kappa shape index (κ3) is 3.92. The summed E-state index contributed by atoms with van der Waals surface area (Å²) in [6.45, 7) is 3.26. The molecule has 0 radical (unpaired) electrons. The Bertz CT molecular complexity index is 689. The number of nitrogens with one attached hydrogen (secondary N) is 1. The molecule has 2 amide bonds. The maximum Gasteiger partial charge on any atom is 0.317 e. The molecule has 1 aliphatic heterocycles. The van der Waals surface area contributed by atoms with Crippen LogP contribution >= 0.6 is 11.3 Å². The first-order valence-corrected chi connectivity index (χ1v) is 8.28. The van der Waals surface area contributed by atoms with E-state index in [2.05, 4.69) is 10.3 Å². The van der Waals surface area contributed by atoms with Crippen molar-refractivity contribution >= 4 is 17.4 Å². The van der Waals surface area contributed by atoms with Crippen molar-refractivity contribution in [3.05, 3.63) is 40.3 Å². The van der Waals surface area contributed by atoms with Gasteiger partial charge in [0.05, 0.1) is 13.1 Å². The minimum atomic E-state index is -0.178. The number of likely N-dealkylation sites (N-methyl/N-ethyl adjacent to an activating group) is 1. The van der Waals surface area contributed by atoms with Gasteiger partial charge in [0.25, 0.3) is 0 Å². The van der Waals surface area contributed by atoms with Crippen LogP contribution in [0.2, 0.25) is 0 Å². The zero-order valence-corrected chi connectivity index (χ0v) is 13.9. The highest BCUT2D eigenvalue weighted by atomic mass is 32.1. The number of hydrogen-bond donors (Lipinski definition) is 1. The van der Waals surface area contributed by atoms with Crippen LogP contribution in [-0.2, 0) is 6.54 Å². The number of fused-ring (bicyclic) bond motifs is 1. The average molecular weight is 333 g/mol. The van der Waals surface area contributed by atoms with Crippen LogP contribution in [0.3, 0.4) is 0 Å². The van der Waals surface area contributed by atoms with E-state index in [1.165, 1.54) is 0 Å². The third-order valence-corrected chi connectivity index (χ3v) is 4.42. The van der Waals surface area contributed by atoms with E-state index in [0.717, 1.165) is 22.2 Å². The summed E-state index contributed by atoms with van der Waals surface area (Å²) in [6.07, 6.45) is -0.178. The van der Waals surface area contributed by atoms with E-state index in [9.17, 15) is 4.79 Å². The van der Waals surface area contributed by atoms with Gasteiger partial charge in [-0.2, -0.15) is 0 Å². The van der Waals surface area contributed by atoms with Crippen LogP contribution in [-0.4, -0.2) is 42.2 Å². The first kappa shape index (κ1) is 15.6. The fourth-order valence-corrected chi connectivity index (χ4v) is 3.02. The predicted molar refractivity (Wildman–Crippen MR) is 88.1 cm³/mol. The van der Waals surface area contributed by atoms with E-state index in [4.69, 9.17) is 9.47 Å². The standard InChI is InChI=1S/C16H19N3O3S/c1-11-10-23-15(18-11)7-17-16(20)19(2)8-12-9-21-13-5-3-4-6-14(13)22-12/h3-6,10,12H,7-9H2,1-2H3,(H,17,20). The second-order valence-corrected chi connectivity index (χ2v) is 6.36. The number of amides is 2. The van der Waals surface area contributed by atoms with Gasteiger partial charge in [-0.15, -0.1) is 11.3 Å². The third-order valence-electron chi connectivity index (χ3n) is 3.45. The van der Waals surface area contributed by atoms with Crippen LogP contribution in [0.4, 0.5) is 4.79 Å². The molecule has 0 saturated heterocycles. The molecule has 1 aromatic carbocycles. The lowest BCUT2D eigenvalue weighted by Gasteiger charge is -2.29. The largest absolute Gasteiger partial charge is 0.486 e. The number of nitrogens with zero attached hydrogens (tertiary/aromatic N) is 2. The molecule has 0 spiro atoms. The van der Waals surface area contributed by atoms with E-state index in [1.54, 1.807) is 23.3 Å². The Morgan fingerprint density at radius 1 is 1.43 bits per heavy atom. The summed E-state index contributed by atoms with van der Waals surface area (Å²) >= 11 is 1.54. The van der Waals surface area contributed by atoms with Crippen molar-refractivity contribution < 1.29 is 14.3 Å². The van der Waals surface area contributed by atoms with Crippen molar-refractivity contribution in [1.29, 1.82) is 0 Å². The topological polar surface area (TPSA) is 63.7 Å². The Kier molecular flexibility index (Phi) is 4.66. The lowest BCUT2D eigenvalue weighted by Crippen LogP contribution is -2.45. The van der Waals surface area contributed by atoms with E-state index < -0.39 is 0 Å². The Morgan fingerprint density at radius 2 is 2.22 bits per heavy atom. The second kappa shape index (κ2) is 6.87. The number of aryl methyl sites for hydroxylation is 1. The van der Waals surface area contributed by atoms with Gasteiger partial charge in [0.2, 0.25) is 0 Å². The number of carbonyl (C=O) groups is 1. The second-order valence-electron chi connectivity index (χ2n) is 5.42. The number of para-hydroxylation sites is 2. The Labute approximate surface area is 139 Å². The number of benzene rings is 1. The molecular weight excluding hydrogens is 314 g/mol. The maximum absolute atomic E-state index is 12.1. The molecule has 1 N–H and O–H groups in total. The molecule has 0 bridgehead atoms. The summed E-state index contributed by atoms with van der Waals surface area (Å²) in [5.41, 5.74) is 0.971. The zero-order valence-electron chi connectivity index (χ0n) is 13.1. The van der Waals surface area contributed by atoms with Crippen molar-refractivity contribution in [2.75, 3.05) is 20.2 Å². The Hall–Kier alpha value is -2.28. The summed E-state index contributed by atoms with van der Waals surface area (Å²) in [5.74, 6) is 1.46. The summed E-state index contributed by atoms with van der Waals surface area (Å²) in [5, 5.41) is 5.73. The van der Waals surface area contributed by atoms with Crippen molar-refractivity contribution in [3.63, 3.8) is 0 Å². The van der Waals surface area contributed by atoms with Crippen LogP contribution in [0.5, 0.6) is 11.5 Å². The van der Waals surface area contributed by atoms with E-state index in [-0.39, 0.29) is 12.1 Å². The molecule has 0 fully saturated rings. The minimum absolute atomic E-state index is 0.152. The number of hydrogen-bond acceptors (Lipinski definition) is 5. The van der Waals surface area contributed by atoms with Gasteiger partial charge in [0.1, 0.15) is 11.6 Å². The summed E-state index contributed by atoms with van der Waals surface area (Å²) in [4.78, 5) is 18.1. The molecule has 1 atom stereocenters. The van der Waals surface area contributed by atoms with Crippen LogP contribution in [0.1, 0.15) is 10.7 Å². The number of rotatable bonds is 4. The van der Waals surface area contributed by atoms with Crippen LogP contribution < -0.4 is 14.8 Å². The van der Waals surface area contributed by atoms with Crippen molar-refractivity contribution in [1.82, 2.24) is 15.2 Å². The molecular formula is C16H19N3O3S. The Balaban J connectivity index is 1.49. The normalized spacial score (nSPS) is 16.0. The zero-order chi connectivity index (χ0) is 16.2. The van der Waals surface area contributed by atoms with Gasteiger partial charge in [0, 0.05) is 18.1 Å². The van der Waals surface area contributed by atoms with Crippen molar-refractivity contribution in [2.45, 2.75) is 19.6 Å². The number of aromatic nitrogens is 1. The minimum Gasteiger partial charge on any atom is -0.486 e. The van der Waals surface area contributed by atoms with Crippen LogP contribution in [0, 0.1) is 6.92 Å². The van der Waals surface area contributed by atoms with Gasteiger partial charge in [-0.05, 0) is 19.1 Å². The number of urea groups is 1. The van der Waals surface area contributed by atoms with Crippen molar-refractivity contribution in [3.8, 4) is 11.5 Å². The molecule has 7 heteroatoms. The fraction of sp³-hybridized carbons (Fsp3) is 0.375. The smallest absolute Gasteiger partial charge is 0.317 e. The number of ether oxygens (including phenoxy) is 2. The molecule has 3 rings (SSSR count). The maximum atomic E-state index is 12.1. The molecule has 1 aliphatic rings. The predicted octanol–water partition coefficient (Wildman–Crippen LogP) is 2.43. The number of carbonyl (C=O) groups excluding carboxylic acids is 1. The molecule has 122 valence electrons. The summed E-state index contributed by atoms with van der Waals surface area (Å²) in [6, 6.07) is 7.39. The molecule has 2 aromatic rings. The first-order chi connectivity index (χ1) is 11.1. The average Bonchev–Trinajstić information content (AvgIpc) is 2.98. The molecule has 0 saturated carbocycles. The Morgan fingerprint density at radius 3 is 2.96 bits per heavy atom. The summed E-state index contributed by atoms with van der Waals surface area (Å²) in [7, 11) is 1.74. The van der Waals surface area contributed by atoms with E-state index in [1.807, 2.05) is 36.6 Å².